The number of nitrogens with one attached hydrogen (secondary N) is 2. The van der Waals surface area contributed by atoms with Crippen LogP contribution in [0.3, 0.4) is 0 Å². The lowest BCUT2D eigenvalue weighted by atomic mass is 10.2. The minimum Gasteiger partial charge on any atom is -0.374 e. The number of hydrogen-bond acceptors (Lipinski definition) is 5. The van der Waals surface area contributed by atoms with E-state index in [1.165, 1.54) is 6.33 Å². The molecular weight excluding hydrogens is 276 g/mol. The maximum Gasteiger partial charge on any atom is 0.180 e. The molecule has 20 heavy (non-hydrogen) atoms. The maximum atomic E-state index is 12.2. The second kappa shape index (κ2) is 6.04. The van der Waals surface area contributed by atoms with Gasteiger partial charge in [-0.3, -0.25) is 5.10 Å². The van der Waals surface area contributed by atoms with Gasteiger partial charge < -0.3 is 5.32 Å². The molecule has 0 saturated carbocycles. The summed E-state index contributed by atoms with van der Waals surface area (Å²) in [5, 5.41) is 9.72. The lowest BCUT2D eigenvalue weighted by molar-refractivity contribution is 0.595. The van der Waals surface area contributed by atoms with Gasteiger partial charge in [0.15, 0.2) is 9.84 Å². The van der Waals surface area contributed by atoms with Crippen LogP contribution in [0.2, 0.25) is 0 Å². The summed E-state index contributed by atoms with van der Waals surface area (Å²) in [5.74, 6) is 0.801. The Morgan fingerprint density at radius 2 is 2.10 bits per heavy atom. The third-order valence-corrected chi connectivity index (χ3v) is 4.88. The number of anilines is 1. The molecule has 7 heteroatoms. The van der Waals surface area contributed by atoms with E-state index in [1.807, 2.05) is 13.8 Å². The van der Waals surface area contributed by atoms with Crippen molar-refractivity contribution in [2.24, 2.45) is 0 Å². The van der Waals surface area contributed by atoms with Gasteiger partial charge in [-0.15, -0.1) is 0 Å². The van der Waals surface area contributed by atoms with E-state index in [1.54, 1.807) is 24.3 Å². The Balaban J connectivity index is 2.29. The van der Waals surface area contributed by atoms with Gasteiger partial charge in [-0.25, -0.2) is 13.4 Å². The second-order valence-corrected chi connectivity index (χ2v) is 6.63. The SMILES string of the molecule is CCCS(=O)(=O)c1ccccc1NC(C)c1ncn[nH]1. The highest BCUT2D eigenvalue weighted by Gasteiger charge is 2.19. The molecule has 1 heterocycles. The summed E-state index contributed by atoms with van der Waals surface area (Å²) in [6.07, 6.45) is 2.02. The zero-order valence-electron chi connectivity index (χ0n) is 11.5. The van der Waals surface area contributed by atoms with E-state index in [9.17, 15) is 8.42 Å². The molecule has 1 atom stereocenters. The second-order valence-electron chi connectivity index (χ2n) is 4.55. The number of H-pyrrole nitrogens is 1. The van der Waals surface area contributed by atoms with E-state index in [0.717, 1.165) is 0 Å². The van der Waals surface area contributed by atoms with E-state index < -0.39 is 9.84 Å². The number of rotatable bonds is 6. The van der Waals surface area contributed by atoms with Crippen LogP contribution in [0, 0.1) is 0 Å². The standard InChI is InChI=1S/C13H18N4O2S/c1-3-8-20(18,19)12-7-5-4-6-11(12)16-10(2)13-14-9-15-17-13/h4-7,9-10,16H,3,8H2,1-2H3,(H,14,15,17). The summed E-state index contributed by atoms with van der Waals surface area (Å²) < 4.78 is 24.5. The number of hydrogen-bond donors (Lipinski definition) is 2. The van der Waals surface area contributed by atoms with Crippen LogP contribution in [0.4, 0.5) is 5.69 Å². The molecule has 0 saturated heterocycles. The number of nitrogens with zero attached hydrogens (tertiary/aromatic N) is 2. The first kappa shape index (κ1) is 14.5. The minimum absolute atomic E-state index is 0.141. The Bertz CT molecular complexity index is 653. The molecule has 1 unspecified atom stereocenters. The first-order valence-electron chi connectivity index (χ1n) is 6.48. The van der Waals surface area contributed by atoms with Gasteiger partial charge in [-0.05, 0) is 25.5 Å². The maximum absolute atomic E-state index is 12.2. The van der Waals surface area contributed by atoms with Crippen LogP contribution >= 0.6 is 0 Å². The van der Waals surface area contributed by atoms with Crippen molar-refractivity contribution in [2.45, 2.75) is 31.2 Å². The highest BCUT2D eigenvalue weighted by Crippen LogP contribution is 2.25. The van der Waals surface area contributed by atoms with Crippen LogP contribution in [0.15, 0.2) is 35.5 Å². The van der Waals surface area contributed by atoms with Gasteiger partial charge in [0.2, 0.25) is 0 Å². The molecule has 0 bridgehead atoms. The van der Waals surface area contributed by atoms with Gasteiger partial charge in [-0.1, -0.05) is 19.1 Å². The number of benzene rings is 1. The van der Waals surface area contributed by atoms with Gasteiger partial charge in [0.25, 0.3) is 0 Å². The molecule has 0 spiro atoms. The van der Waals surface area contributed by atoms with Gasteiger partial charge >= 0.3 is 0 Å². The Labute approximate surface area is 118 Å². The molecule has 0 aliphatic rings. The predicted molar refractivity (Wildman–Crippen MR) is 77.2 cm³/mol. The fraction of sp³-hybridized carbons (Fsp3) is 0.385. The molecule has 1 aromatic heterocycles. The summed E-state index contributed by atoms with van der Waals surface area (Å²) >= 11 is 0. The predicted octanol–water partition coefficient (Wildman–Crippen LogP) is 2.16. The van der Waals surface area contributed by atoms with Crippen molar-refractivity contribution in [2.75, 3.05) is 11.1 Å². The summed E-state index contributed by atoms with van der Waals surface area (Å²) in [5.41, 5.74) is 0.588. The Morgan fingerprint density at radius 3 is 2.75 bits per heavy atom. The molecule has 0 aliphatic carbocycles. The number of aromatic amines is 1. The monoisotopic (exact) mass is 294 g/mol. The molecule has 0 amide bonds. The van der Waals surface area contributed by atoms with Crippen molar-refractivity contribution in [3.8, 4) is 0 Å². The Hall–Kier alpha value is -1.89. The number of sulfone groups is 1. The lowest BCUT2D eigenvalue weighted by Crippen LogP contribution is -2.13. The molecule has 0 aliphatic heterocycles. The van der Waals surface area contributed by atoms with Crippen molar-refractivity contribution in [1.82, 2.24) is 15.2 Å². The first-order chi connectivity index (χ1) is 9.54. The first-order valence-corrected chi connectivity index (χ1v) is 8.13. The topological polar surface area (TPSA) is 87.7 Å². The van der Waals surface area contributed by atoms with E-state index in [-0.39, 0.29) is 11.8 Å². The molecule has 2 N–H and O–H groups in total. The average Bonchev–Trinajstić information content (AvgIpc) is 2.93. The molecule has 108 valence electrons. The van der Waals surface area contributed by atoms with E-state index in [0.29, 0.717) is 22.8 Å². The normalized spacial score (nSPS) is 13.1. The zero-order chi connectivity index (χ0) is 14.6. The molecule has 0 radical (unpaired) electrons. The van der Waals surface area contributed by atoms with E-state index in [2.05, 4.69) is 20.5 Å². The Morgan fingerprint density at radius 1 is 1.35 bits per heavy atom. The van der Waals surface area contributed by atoms with Crippen molar-refractivity contribution in [3.63, 3.8) is 0 Å². The van der Waals surface area contributed by atoms with Crippen LogP contribution in [-0.2, 0) is 9.84 Å². The summed E-state index contributed by atoms with van der Waals surface area (Å²) in [4.78, 5) is 4.39. The van der Waals surface area contributed by atoms with Gasteiger partial charge in [-0.2, -0.15) is 5.10 Å². The number of para-hydroxylation sites is 1. The molecule has 2 aromatic rings. The van der Waals surface area contributed by atoms with Gasteiger partial charge in [0.05, 0.1) is 22.4 Å². The lowest BCUT2D eigenvalue weighted by Gasteiger charge is -2.16. The third-order valence-electron chi connectivity index (χ3n) is 2.91. The van der Waals surface area contributed by atoms with Crippen molar-refractivity contribution >= 4 is 15.5 Å². The number of aromatic nitrogens is 3. The largest absolute Gasteiger partial charge is 0.374 e. The average molecular weight is 294 g/mol. The quantitative estimate of drug-likeness (QED) is 0.852. The summed E-state index contributed by atoms with van der Waals surface area (Å²) in [6, 6.07) is 6.76. The highest BCUT2D eigenvalue weighted by molar-refractivity contribution is 7.91. The summed E-state index contributed by atoms with van der Waals surface area (Å²) in [6.45, 7) is 3.74. The molecule has 0 fully saturated rings. The zero-order valence-corrected chi connectivity index (χ0v) is 12.3. The van der Waals surface area contributed by atoms with Crippen LogP contribution in [-0.4, -0.2) is 29.4 Å². The van der Waals surface area contributed by atoms with Crippen LogP contribution in [0.1, 0.15) is 32.1 Å². The smallest absolute Gasteiger partial charge is 0.180 e. The minimum atomic E-state index is -3.26. The van der Waals surface area contributed by atoms with Crippen LogP contribution in [0.25, 0.3) is 0 Å². The highest BCUT2D eigenvalue weighted by atomic mass is 32.2. The van der Waals surface area contributed by atoms with Crippen molar-refractivity contribution < 1.29 is 8.42 Å². The van der Waals surface area contributed by atoms with Crippen molar-refractivity contribution in [3.05, 3.63) is 36.4 Å². The molecule has 6 nitrogen and oxygen atoms in total. The summed E-state index contributed by atoms with van der Waals surface area (Å²) in [7, 11) is -3.26. The molecular formula is C13H18N4O2S. The molecule has 2 rings (SSSR count). The van der Waals surface area contributed by atoms with E-state index >= 15 is 0 Å². The van der Waals surface area contributed by atoms with Crippen LogP contribution in [0.5, 0.6) is 0 Å². The Kier molecular flexibility index (Phi) is 4.39. The van der Waals surface area contributed by atoms with Gasteiger partial charge in [0, 0.05) is 0 Å². The van der Waals surface area contributed by atoms with E-state index in [4.69, 9.17) is 0 Å². The van der Waals surface area contributed by atoms with Crippen LogP contribution < -0.4 is 5.32 Å². The van der Waals surface area contributed by atoms with Crippen molar-refractivity contribution in [1.29, 1.82) is 0 Å². The third kappa shape index (κ3) is 3.16. The van der Waals surface area contributed by atoms with Gasteiger partial charge in [0.1, 0.15) is 12.2 Å². The fourth-order valence-corrected chi connectivity index (χ4v) is 3.47. The fourth-order valence-electron chi connectivity index (χ4n) is 1.96. The molecule has 1 aromatic carbocycles.